The molecule has 2 saturated heterocycles. The van der Waals surface area contributed by atoms with Gasteiger partial charge in [-0.25, -0.2) is 14.4 Å². The number of likely N-dealkylation sites (tertiary alicyclic amines) is 1. The molecular formula is C26H28FN5O. The van der Waals surface area contributed by atoms with Gasteiger partial charge in [-0.2, -0.15) is 0 Å². The Labute approximate surface area is 193 Å². The molecule has 2 aliphatic heterocycles. The zero-order valence-electron chi connectivity index (χ0n) is 18.7. The summed E-state index contributed by atoms with van der Waals surface area (Å²) >= 11 is 0. The van der Waals surface area contributed by atoms with Gasteiger partial charge in [-0.3, -0.25) is 9.78 Å². The van der Waals surface area contributed by atoms with Gasteiger partial charge in [0.25, 0.3) is 5.91 Å². The molecule has 0 saturated carbocycles. The normalized spacial score (nSPS) is 18.9. The van der Waals surface area contributed by atoms with E-state index in [0.717, 1.165) is 61.5 Å². The maximum atomic E-state index is 13.7. The Morgan fingerprint density at radius 3 is 2.67 bits per heavy atom. The van der Waals surface area contributed by atoms with Crippen LogP contribution in [-0.4, -0.2) is 51.9 Å². The summed E-state index contributed by atoms with van der Waals surface area (Å²) in [5.41, 5.74) is 3.30. The topological polar surface area (TPSA) is 62.2 Å². The Hall–Kier alpha value is -3.35. The van der Waals surface area contributed by atoms with Crippen LogP contribution in [0.2, 0.25) is 0 Å². The highest BCUT2D eigenvalue weighted by molar-refractivity contribution is 5.94. The Balaban J connectivity index is 1.47. The number of amides is 1. The molecule has 4 heterocycles. The number of nitrogens with zero attached hydrogens (tertiary/aromatic N) is 5. The summed E-state index contributed by atoms with van der Waals surface area (Å²) in [5, 5.41) is 0. The van der Waals surface area contributed by atoms with E-state index in [1.165, 1.54) is 18.6 Å². The van der Waals surface area contributed by atoms with Crippen LogP contribution in [-0.2, 0) is 0 Å². The van der Waals surface area contributed by atoms with E-state index in [-0.39, 0.29) is 11.8 Å². The van der Waals surface area contributed by atoms with Gasteiger partial charge >= 0.3 is 0 Å². The van der Waals surface area contributed by atoms with Gasteiger partial charge in [0, 0.05) is 67.4 Å². The smallest absolute Gasteiger partial charge is 0.253 e. The third kappa shape index (κ3) is 4.72. The van der Waals surface area contributed by atoms with Crippen molar-refractivity contribution in [2.75, 3.05) is 31.1 Å². The molecule has 0 N–H and O–H groups in total. The van der Waals surface area contributed by atoms with Gasteiger partial charge in [-0.05, 0) is 56.4 Å². The number of hydrogen-bond donors (Lipinski definition) is 0. The summed E-state index contributed by atoms with van der Waals surface area (Å²) in [6.07, 6.45) is 10.9. The van der Waals surface area contributed by atoms with Crippen LogP contribution in [0.15, 0.2) is 55.0 Å². The van der Waals surface area contributed by atoms with Gasteiger partial charge in [0.15, 0.2) is 0 Å². The standard InChI is InChI=1S/C26H28FN5O/c27-22-10-4-7-19(15-22)25(33)32-14-6-9-21(18-32)24-23(20-8-5-11-28-16-20)17-29-26(30-24)31-12-2-1-3-13-31/h4-5,7-8,10-11,15-17,21H,1-3,6,9,12-14,18H2/t21-/m1/s1. The van der Waals surface area contributed by atoms with Gasteiger partial charge in [0.1, 0.15) is 5.82 Å². The number of hydrogen-bond acceptors (Lipinski definition) is 5. The third-order valence-corrected chi connectivity index (χ3v) is 6.58. The second kappa shape index (κ2) is 9.65. The number of halogens is 1. The van der Waals surface area contributed by atoms with E-state index in [1.807, 2.05) is 29.4 Å². The first-order valence-corrected chi connectivity index (χ1v) is 11.8. The Morgan fingerprint density at radius 1 is 1.00 bits per heavy atom. The summed E-state index contributed by atoms with van der Waals surface area (Å²) in [6, 6.07) is 9.87. The Morgan fingerprint density at radius 2 is 1.88 bits per heavy atom. The van der Waals surface area contributed by atoms with Crippen molar-refractivity contribution in [2.45, 2.75) is 38.0 Å². The lowest BCUT2D eigenvalue weighted by molar-refractivity contribution is 0.0705. The monoisotopic (exact) mass is 445 g/mol. The number of anilines is 1. The molecule has 6 nitrogen and oxygen atoms in total. The molecule has 33 heavy (non-hydrogen) atoms. The third-order valence-electron chi connectivity index (χ3n) is 6.58. The van der Waals surface area contributed by atoms with Crippen molar-refractivity contribution in [2.24, 2.45) is 0 Å². The molecule has 2 fully saturated rings. The lowest BCUT2D eigenvalue weighted by atomic mass is 9.90. The molecule has 0 unspecified atom stereocenters. The molecule has 1 atom stereocenters. The first-order chi connectivity index (χ1) is 16.2. The number of aromatic nitrogens is 3. The quantitative estimate of drug-likeness (QED) is 0.583. The molecular weight excluding hydrogens is 417 g/mol. The van der Waals surface area contributed by atoms with Crippen molar-refractivity contribution in [3.63, 3.8) is 0 Å². The van der Waals surface area contributed by atoms with Crippen LogP contribution in [0.4, 0.5) is 10.3 Å². The van der Waals surface area contributed by atoms with Crippen molar-refractivity contribution in [1.82, 2.24) is 19.9 Å². The Kier molecular flexibility index (Phi) is 6.28. The minimum Gasteiger partial charge on any atom is -0.341 e. The van der Waals surface area contributed by atoms with Crippen LogP contribution in [0.1, 0.15) is 54.1 Å². The first kappa shape index (κ1) is 21.5. The molecule has 0 aliphatic carbocycles. The van der Waals surface area contributed by atoms with E-state index < -0.39 is 5.82 Å². The fourth-order valence-electron chi connectivity index (χ4n) is 4.88. The zero-order valence-corrected chi connectivity index (χ0v) is 18.7. The van der Waals surface area contributed by atoms with E-state index in [2.05, 4.69) is 9.88 Å². The number of carbonyl (C=O) groups excluding carboxylic acids is 1. The van der Waals surface area contributed by atoms with Crippen LogP contribution < -0.4 is 4.90 Å². The maximum absolute atomic E-state index is 13.7. The average Bonchev–Trinajstić information content (AvgIpc) is 2.89. The molecule has 1 amide bonds. The van der Waals surface area contributed by atoms with Crippen LogP contribution in [0, 0.1) is 5.82 Å². The molecule has 2 aliphatic rings. The highest BCUT2D eigenvalue weighted by Crippen LogP contribution is 2.34. The number of piperidine rings is 2. The molecule has 0 radical (unpaired) electrons. The highest BCUT2D eigenvalue weighted by Gasteiger charge is 2.29. The largest absolute Gasteiger partial charge is 0.341 e. The molecule has 0 spiro atoms. The van der Waals surface area contributed by atoms with Crippen molar-refractivity contribution in [1.29, 1.82) is 0 Å². The van der Waals surface area contributed by atoms with Crippen LogP contribution in [0.3, 0.4) is 0 Å². The predicted molar refractivity (Wildman–Crippen MR) is 126 cm³/mol. The second-order valence-electron chi connectivity index (χ2n) is 8.86. The zero-order chi connectivity index (χ0) is 22.6. The van der Waals surface area contributed by atoms with E-state index in [1.54, 1.807) is 18.3 Å². The second-order valence-corrected chi connectivity index (χ2v) is 8.86. The van der Waals surface area contributed by atoms with Crippen molar-refractivity contribution >= 4 is 11.9 Å². The maximum Gasteiger partial charge on any atom is 0.253 e. The van der Waals surface area contributed by atoms with Gasteiger partial charge in [0.05, 0.1) is 5.69 Å². The van der Waals surface area contributed by atoms with Gasteiger partial charge in [0.2, 0.25) is 5.95 Å². The average molecular weight is 446 g/mol. The summed E-state index contributed by atoms with van der Waals surface area (Å²) in [5.74, 6) is 0.326. The van der Waals surface area contributed by atoms with Gasteiger partial charge in [-0.15, -0.1) is 0 Å². The number of rotatable bonds is 4. The fourth-order valence-corrected chi connectivity index (χ4v) is 4.88. The van der Waals surface area contributed by atoms with Gasteiger partial charge < -0.3 is 9.80 Å². The summed E-state index contributed by atoms with van der Waals surface area (Å²) in [6.45, 7) is 3.16. The minimum absolute atomic E-state index is 0.0815. The van der Waals surface area contributed by atoms with Crippen LogP contribution in [0.5, 0.6) is 0 Å². The number of benzene rings is 1. The van der Waals surface area contributed by atoms with Crippen molar-refractivity contribution in [3.05, 3.63) is 72.1 Å². The van der Waals surface area contributed by atoms with Crippen LogP contribution in [0.25, 0.3) is 11.1 Å². The molecule has 1 aromatic carbocycles. The van der Waals surface area contributed by atoms with E-state index in [0.29, 0.717) is 18.7 Å². The molecule has 170 valence electrons. The summed E-state index contributed by atoms with van der Waals surface area (Å²) in [7, 11) is 0. The van der Waals surface area contributed by atoms with E-state index in [9.17, 15) is 9.18 Å². The summed E-state index contributed by atoms with van der Waals surface area (Å²) < 4.78 is 13.7. The van der Waals surface area contributed by atoms with Gasteiger partial charge in [-0.1, -0.05) is 12.1 Å². The lowest BCUT2D eigenvalue weighted by Crippen LogP contribution is -2.39. The van der Waals surface area contributed by atoms with E-state index in [4.69, 9.17) is 9.97 Å². The first-order valence-electron chi connectivity index (χ1n) is 11.8. The van der Waals surface area contributed by atoms with E-state index >= 15 is 0 Å². The highest BCUT2D eigenvalue weighted by atomic mass is 19.1. The predicted octanol–water partition coefficient (Wildman–Crippen LogP) is 4.69. The molecule has 2 aromatic heterocycles. The number of carbonyl (C=O) groups is 1. The number of pyridine rings is 1. The lowest BCUT2D eigenvalue weighted by Gasteiger charge is -2.34. The molecule has 0 bridgehead atoms. The van der Waals surface area contributed by atoms with Crippen molar-refractivity contribution in [3.8, 4) is 11.1 Å². The SMILES string of the molecule is O=C(c1cccc(F)c1)N1CCC[C@@H](c2nc(N3CCCCC3)ncc2-c2cccnc2)C1. The van der Waals surface area contributed by atoms with Crippen molar-refractivity contribution < 1.29 is 9.18 Å². The molecule has 5 rings (SSSR count). The Bertz CT molecular complexity index is 1120. The van der Waals surface area contributed by atoms with Crippen LogP contribution >= 0.6 is 0 Å². The minimum atomic E-state index is -0.393. The molecule has 7 heteroatoms. The fraction of sp³-hybridized carbons (Fsp3) is 0.385. The molecule has 3 aromatic rings. The summed E-state index contributed by atoms with van der Waals surface area (Å²) in [4.78, 5) is 31.3.